The van der Waals surface area contributed by atoms with E-state index >= 15 is 0 Å². The van der Waals surface area contributed by atoms with Crippen LogP contribution in [0, 0.1) is 0 Å². The van der Waals surface area contributed by atoms with Crippen LogP contribution < -0.4 is 0 Å². The lowest BCUT2D eigenvalue weighted by molar-refractivity contribution is 0.460. The monoisotopic (exact) mass is 295 g/mol. The van der Waals surface area contributed by atoms with Crippen LogP contribution in [0.5, 0.6) is 0 Å². The molecule has 0 aliphatic heterocycles. The highest BCUT2D eigenvalue weighted by Gasteiger charge is 2.22. The zero-order valence-electron chi connectivity index (χ0n) is 9.94. The van der Waals surface area contributed by atoms with Crippen LogP contribution in [0.4, 0.5) is 0 Å². The lowest BCUT2D eigenvalue weighted by Gasteiger charge is -2.20. The normalized spacial score (nSPS) is 12.4. The highest BCUT2D eigenvalue weighted by Crippen LogP contribution is 2.23. The van der Waals surface area contributed by atoms with E-state index < -0.39 is 15.3 Å². The molecule has 3 nitrogen and oxygen atoms in total. The third kappa shape index (κ3) is 3.58. The van der Waals surface area contributed by atoms with Gasteiger partial charge in [0.05, 0.1) is 5.25 Å². The molecule has 1 aromatic rings. The van der Waals surface area contributed by atoms with Crippen LogP contribution in [0.1, 0.15) is 19.4 Å². The Morgan fingerprint density at radius 1 is 1.29 bits per heavy atom. The maximum Gasteiger partial charge on any atom is 0.216 e. The second-order valence-corrected chi connectivity index (χ2v) is 7.53. The van der Waals surface area contributed by atoms with Crippen LogP contribution in [0.25, 0.3) is 0 Å². The number of hydrogen-bond acceptors (Lipinski definition) is 2. The molecule has 0 radical (unpaired) electrons. The maximum atomic E-state index is 11.9. The molecule has 96 valence electrons. The summed E-state index contributed by atoms with van der Waals surface area (Å²) in [6.07, 6.45) is 0. The summed E-state index contributed by atoms with van der Waals surface area (Å²) in [5, 5.41) is 0.565. The van der Waals surface area contributed by atoms with E-state index in [-0.39, 0.29) is 6.54 Å². The van der Waals surface area contributed by atoms with E-state index in [1.165, 1.54) is 4.31 Å². The van der Waals surface area contributed by atoms with Crippen LogP contribution in [-0.4, -0.2) is 25.0 Å². The number of benzene rings is 1. The summed E-state index contributed by atoms with van der Waals surface area (Å²) >= 11 is 11.8. The zero-order valence-corrected chi connectivity index (χ0v) is 12.3. The molecule has 1 aromatic carbocycles. The van der Waals surface area contributed by atoms with Crippen molar-refractivity contribution in [3.63, 3.8) is 0 Å². The van der Waals surface area contributed by atoms with Crippen LogP contribution in [0.15, 0.2) is 18.2 Å². The summed E-state index contributed by atoms with van der Waals surface area (Å²) in [5.74, 6) is 0. The molecule has 0 atom stereocenters. The Kier molecular flexibility index (Phi) is 4.84. The summed E-state index contributed by atoms with van der Waals surface area (Å²) in [5.41, 5.74) is 0.739. The van der Waals surface area contributed by atoms with Crippen molar-refractivity contribution in [1.29, 1.82) is 0 Å². The molecule has 0 amide bonds. The Bertz CT molecular complexity index is 500. The van der Waals surface area contributed by atoms with Gasteiger partial charge in [0.2, 0.25) is 10.0 Å². The first kappa shape index (κ1) is 14.8. The molecular weight excluding hydrogens is 281 g/mol. The summed E-state index contributed by atoms with van der Waals surface area (Å²) in [6, 6.07) is 5.03. The van der Waals surface area contributed by atoms with Gasteiger partial charge in [0.1, 0.15) is 0 Å². The summed E-state index contributed by atoms with van der Waals surface area (Å²) in [6.45, 7) is 3.54. The predicted octanol–water partition coefficient (Wildman–Crippen LogP) is 3.16. The summed E-state index contributed by atoms with van der Waals surface area (Å²) in [4.78, 5) is 0. The third-order valence-electron chi connectivity index (χ3n) is 2.44. The van der Waals surface area contributed by atoms with Crippen molar-refractivity contribution in [2.75, 3.05) is 7.05 Å². The molecule has 1 rings (SSSR count). The predicted molar refractivity (Wildman–Crippen MR) is 72.0 cm³/mol. The molecule has 0 aliphatic carbocycles. The molecule has 0 aromatic heterocycles. The van der Waals surface area contributed by atoms with E-state index in [0.29, 0.717) is 10.0 Å². The fourth-order valence-electron chi connectivity index (χ4n) is 1.34. The molecule has 0 fully saturated rings. The zero-order chi connectivity index (χ0) is 13.2. The minimum absolute atomic E-state index is 0.247. The number of rotatable bonds is 4. The Morgan fingerprint density at radius 2 is 1.88 bits per heavy atom. The quantitative estimate of drug-likeness (QED) is 0.856. The van der Waals surface area contributed by atoms with E-state index in [1.54, 1.807) is 39.1 Å². The van der Waals surface area contributed by atoms with Gasteiger partial charge in [0.15, 0.2) is 0 Å². The van der Waals surface area contributed by atoms with E-state index in [0.717, 1.165) is 5.56 Å². The van der Waals surface area contributed by atoms with Gasteiger partial charge in [-0.2, -0.15) is 0 Å². The van der Waals surface area contributed by atoms with Crippen LogP contribution in [-0.2, 0) is 16.6 Å². The van der Waals surface area contributed by atoms with Crippen molar-refractivity contribution >= 4 is 33.2 Å². The first-order valence-corrected chi connectivity index (χ1v) is 7.40. The first-order valence-electron chi connectivity index (χ1n) is 5.14. The van der Waals surface area contributed by atoms with Gasteiger partial charge in [-0.1, -0.05) is 29.3 Å². The van der Waals surface area contributed by atoms with E-state index in [9.17, 15) is 8.42 Å². The molecule has 0 unspecified atom stereocenters. The molecule has 0 aliphatic rings. The smallest absolute Gasteiger partial charge is 0.212 e. The molecule has 0 saturated carbocycles. The van der Waals surface area contributed by atoms with Gasteiger partial charge in [-0.25, -0.2) is 12.7 Å². The van der Waals surface area contributed by atoms with Crippen LogP contribution in [0.2, 0.25) is 10.0 Å². The Balaban J connectivity index is 2.92. The van der Waals surface area contributed by atoms with Gasteiger partial charge < -0.3 is 0 Å². The lowest BCUT2D eigenvalue weighted by Crippen LogP contribution is -2.32. The molecular formula is C11H15Cl2NO2S. The molecule has 0 bridgehead atoms. The third-order valence-corrected chi connectivity index (χ3v) is 5.21. The molecule has 0 heterocycles. The fourth-order valence-corrected chi connectivity index (χ4v) is 2.85. The highest BCUT2D eigenvalue weighted by molar-refractivity contribution is 7.89. The maximum absolute atomic E-state index is 11.9. The summed E-state index contributed by atoms with van der Waals surface area (Å²) in [7, 11) is -1.72. The Hall–Kier alpha value is -0.290. The first-order chi connectivity index (χ1) is 7.75. The van der Waals surface area contributed by atoms with Crippen molar-refractivity contribution < 1.29 is 8.42 Å². The van der Waals surface area contributed by atoms with Crippen molar-refractivity contribution in [2.45, 2.75) is 25.6 Å². The lowest BCUT2D eigenvalue weighted by atomic mass is 10.2. The SMILES string of the molecule is CC(C)S(=O)(=O)N(C)Cc1ccc(Cl)cc1Cl. The van der Waals surface area contributed by atoms with Gasteiger partial charge in [-0.05, 0) is 31.5 Å². The van der Waals surface area contributed by atoms with E-state index in [2.05, 4.69) is 0 Å². The number of hydrogen-bond donors (Lipinski definition) is 0. The molecule has 17 heavy (non-hydrogen) atoms. The van der Waals surface area contributed by atoms with E-state index in [1.807, 2.05) is 0 Å². The van der Waals surface area contributed by atoms with Crippen molar-refractivity contribution in [1.82, 2.24) is 4.31 Å². The largest absolute Gasteiger partial charge is 0.216 e. The highest BCUT2D eigenvalue weighted by atomic mass is 35.5. The fraction of sp³-hybridized carbons (Fsp3) is 0.455. The van der Waals surface area contributed by atoms with Crippen LogP contribution >= 0.6 is 23.2 Å². The van der Waals surface area contributed by atoms with Gasteiger partial charge in [-0.15, -0.1) is 0 Å². The average Bonchev–Trinajstić information content (AvgIpc) is 2.21. The van der Waals surface area contributed by atoms with Crippen molar-refractivity contribution in [3.8, 4) is 0 Å². The molecule has 6 heteroatoms. The molecule has 0 saturated heterocycles. The Labute approximate surface area is 112 Å². The standard InChI is InChI=1S/C11H15Cl2NO2S/c1-8(2)17(15,16)14(3)7-9-4-5-10(12)6-11(9)13/h4-6,8H,7H2,1-3H3. The van der Waals surface area contributed by atoms with Gasteiger partial charge in [0, 0.05) is 23.6 Å². The Morgan fingerprint density at radius 3 is 2.35 bits per heavy atom. The number of nitrogens with zero attached hydrogens (tertiary/aromatic N) is 1. The second kappa shape index (κ2) is 5.57. The van der Waals surface area contributed by atoms with Crippen molar-refractivity contribution in [3.05, 3.63) is 33.8 Å². The summed E-state index contributed by atoms with van der Waals surface area (Å²) < 4.78 is 25.0. The second-order valence-electron chi connectivity index (χ2n) is 4.09. The topological polar surface area (TPSA) is 37.4 Å². The van der Waals surface area contributed by atoms with Gasteiger partial charge in [-0.3, -0.25) is 0 Å². The van der Waals surface area contributed by atoms with Crippen molar-refractivity contribution in [2.24, 2.45) is 0 Å². The van der Waals surface area contributed by atoms with E-state index in [4.69, 9.17) is 23.2 Å². The minimum atomic E-state index is -3.26. The molecule has 0 spiro atoms. The van der Waals surface area contributed by atoms with Crippen LogP contribution in [0.3, 0.4) is 0 Å². The average molecular weight is 296 g/mol. The minimum Gasteiger partial charge on any atom is -0.212 e. The number of halogens is 2. The van der Waals surface area contributed by atoms with Gasteiger partial charge >= 0.3 is 0 Å². The van der Waals surface area contributed by atoms with Gasteiger partial charge in [0.25, 0.3) is 0 Å². The number of sulfonamides is 1. The molecule has 0 N–H and O–H groups in total.